The molecule has 1 atom stereocenters. The third-order valence-electron chi connectivity index (χ3n) is 5.04. The molecule has 0 saturated heterocycles. The van der Waals surface area contributed by atoms with Crippen molar-refractivity contribution < 1.29 is 14.7 Å². The molecule has 1 aliphatic rings. The number of oxime groups is 1. The minimum absolute atomic E-state index is 0.241. The summed E-state index contributed by atoms with van der Waals surface area (Å²) in [6.45, 7) is 8.53. The van der Waals surface area contributed by atoms with E-state index in [4.69, 9.17) is 9.57 Å². The lowest BCUT2D eigenvalue weighted by Crippen LogP contribution is -2.36. The van der Waals surface area contributed by atoms with Gasteiger partial charge in [-0.05, 0) is 65.6 Å². The van der Waals surface area contributed by atoms with Crippen molar-refractivity contribution in [2.45, 2.75) is 40.7 Å². The fourth-order valence-electron chi connectivity index (χ4n) is 3.33. The Morgan fingerprint density at radius 2 is 1.93 bits per heavy atom. The quantitative estimate of drug-likeness (QED) is 0.545. The van der Waals surface area contributed by atoms with Crippen molar-refractivity contribution >= 4 is 11.4 Å². The molecule has 3 rings (SSSR count). The third kappa shape index (κ3) is 4.38. The lowest BCUT2D eigenvalue weighted by atomic mass is 9.98. The Balaban J connectivity index is 1.83. The van der Waals surface area contributed by atoms with E-state index in [1.54, 1.807) is 14.2 Å². The van der Waals surface area contributed by atoms with Crippen LogP contribution in [-0.2, 0) is 11.4 Å². The number of aryl methyl sites for hydroxylation is 2. The molecule has 2 aromatic carbocycles. The minimum Gasteiger partial charge on any atom is -0.489 e. The molecule has 1 heterocycles. The average Bonchev–Trinajstić information content (AvgIpc) is 3.04. The van der Waals surface area contributed by atoms with E-state index < -0.39 is 6.35 Å². The van der Waals surface area contributed by atoms with Crippen LogP contribution in [0.5, 0.6) is 5.75 Å². The van der Waals surface area contributed by atoms with Crippen molar-refractivity contribution in [3.05, 3.63) is 58.7 Å². The van der Waals surface area contributed by atoms with Crippen LogP contribution in [-0.4, -0.2) is 36.3 Å². The first-order valence-electron chi connectivity index (χ1n) is 9.88. The minimum atomic E-state index is -0.943. The number of aliphatic hydroxyl groups is 1. The molecule has 0 aliphatic carbocycles. The van der Waals surface area contributed by atoms with E-state index in [9.17, 15) is 5.11 Å². The normalized spacial score (nSPS) is 16.5. The molecule has 0 radical (unpaired) electrons. The maximum Gasteiger partial charge on any atom is 0.245 e. The monoisotopic (exact) mass is 411 g/mol. The fourth-order valence-corrected chi connectivity index (χ4v) is 3.33. The summed E-state index contributed by atoms with van der Waals surface area (Å²) in [7, 11) is 3.23. The number of anilines is 1. The molecule has 2 aromatic rings. The van der Waals surface area contributed by atoms with Crippen LogP contribution in [0.2, 0.25) is 0 Å². The Bertz CT molecular complexity index is 958. The first-order valence-corrected chi connectivity index (χ1v) is 9.88. The largest absolute Gasteiger partial charge is 0.489 e. The molecule has 0 fully saturated rings. The van der Waals surface area contributed by atoms with E-state index in [1.807, 2.05) is 44.2 Å². The van der Waals surface area contributed by atoms with Crippen LogP contribution in [0.15, 0.2) is 52.0 Å². The molecular weight excluding hydrogens is 382 g/mol. The van der Waals surface area contributed by atoms with E-state index in [2.05, 4.69) is 35.5 Å². The summed E-state index contributed by atoms with van der Waals surface area (Å²) in [5, 5.41) is 25.3. The summed E-state index contributed by atoms with van der Waals surface area (Å²) in [5.74, 6) is 1.03. The van der Waals surface area contributed by atoms with Gasteiger partial charge in [0.05, 0.1) is 11.4 Å². The second-order valence-electron chi connectivity index (χ2n) is 7.60. The lowest BCUT2D eigenvalue weighted by Gasteiger charge is -2.24. The third-order valence-corrected chi connectivity index (χ3v) is 5.04. The zero-order valence-electron chi connectivity index (χ0n) is 18.3. The first-order chi connectivity index (χ1) is 14.3. The van der Waals surface area contributed by atoms with Gasteiger partial charge in [-0.15, -0.1) is 0 Å². The Labute approximate surface area is 177 Å². The second-order valence-corrected chi connectivity index (χ2v) is 7.60. The molecular formula is C22H29N5O3. The Kier molecular flexibility index (Phi) is 6.56. The molecule has 1 N–H and O–H groups in total. The SMILES string of the molecule is CON=C(c1ccc(OCc2c(C)cccc2N2N=NN(C)C2O)c(C)c1)C(C)C. The topological polar surface area (TPSA) is 82.2 Å². The molecule has 0 amide bonds. The van der Waals surface area contributed by atoms with Gasteiger partial charge >= 0.3 is 0 Å². The number of aliphatic hydroxyl groups excluding tert-OH is 1. The zero-order valence-corrected chi connectivity index (χ0v) is 18.3. The van der Waals surface area contributed by atoms with E-state index in [-0.39, 0.29) is 5.92 Å². The van der Waals surface area contributed by atoms with Gasteiger partial charge in [0.25, 0.3) is 0 Å². The number of benzene rings is 2. The van der Waals surface area contributed by atoms with E-state index in [0.717, 1.165) is 39.4 Å². The predicted octanol–water partition coefficient (Wildman–Crippen LogP) is 4.20. The molecule has 0 bridgehead atoms. The van der Waals surface area contributed by atoms with Crippen molar-refractivity contribution in [2.75, 3.05) is 19.2 Å². The van der Waals surface area contributed by atoms with Crippen LogP contribution < -0.4 is 9.75 Å². The van der Waals surface area contributed by atoms with Crippen molar-refractivity contribution in [1.29, 1.82) is 0 Å². The molecule has 8 heteroatoms. The molecule has 1 unspecified atom stereocenters. The highest BCUT2D eigenvalue weighted by Gasteiger charge is 2.28. The Morgan fingerprint density at radius 3 is 2.53 bits per heavy atom. The summed E-state index contributed by atoms with van der Waals surface area (Å²) < 4.78 is 6.16. The fraction of sp³-hybridized carbons (Fsp3) is 0.409. The summed E-state index contributed by atoms with van der Waals surface area (Å²) in [5.41, 5.74) is 5.67. The lowest BCUT2D eigenvalue weighted by molar-refractivity contribution is 0.0456. The van der Waals surface area contributed by atoms with Gasteiger partial charge in [-0.2, -0.15) is 5.01 Å². The average molecular weight is 412 g/mol. The van der Waals surface area contributed by atoms with Gasteiger partial charge in [-0.25, -0.2) is 5.01 Å². The Hall–Kier alpha value is -3.13. The highest BCUT2D eigenvalue weighted by Crippen LogP contribution is 2.31. The van der Waals surface area contributed by atoms with Gasteiger partial charge in [0.15, 0.2) is 0 Å². The molecule has 0 saturated carbocycles. The van der Waals surface area contributed by atoms with Crippen LogP contribution in [0.4, 0.5) is 5.69 Å². The highest BCUT2D eigenvalue weighted by molar-refractivity contribution is 6.01. The van der Waals surface area contributed by atoms with Crippen molar-refractivity contribution in [2.24, 2.45) is 21.5 Å². The van der Waals surface area contributed by atoms with Gasteiger partial charge in [0.2, 0.25) is 6.35 Å². The molecule has 8 nitrogen and oxygen atoms in total. The van der Waals surface area contributed by atoms with E-state index in [1.165, 1.54) is 10.0 Å². The first kappa shape index (κ1) is 21.6. The summed E-state index contributed by atoms with van der Waals surface area (Å²) >= 11 is 0. The van der Waals surface area contributed by atoms with Crippen LogP contribution in [0.1, 0.15) is 36.1 Å². The number of nitrogens with zero attached hydrogens (tertiary/aromatic N) is 5. The number of hydrogen-bond donors (Lipinski definition) is 1. The number of hydrogen-bond acceptors (Lipinski definition) is 8. The van der Waals surface area contributed by atoms with Crippen molar-refractivity contribution in [3.8, 4) is 5.75 Å². The maximum atomic E-state index is 10.3. The summed E-state index contributed by atoms with van der Waals surface area (Å²) in [6.07, 6.45) is -0.943. The molecule has 30 heavy (non-hydrogen) atoms. The van der Waals surface area contributed by atoms with Crippen LogP contribution >= 0.6 is 0 Å². The zero-order chi connectivity index (χ0) is 21.8. The molecule has 0 spiro atoms. The Morgan fingerprint density at radius 1 is 1.17 bits per heavy atom. The summed E-state index contributed by atoms with van der Waals surface area (Å²) in [6, 6.07) is 11.8. The van der Waals surface area contributed by atoms with Crippen LogP contribution in [0, 0.1) is 19.8 Å². The maximum absolute atomic E-state index is 10.3. The van der Waals surface area contributed by atoms with E-state index in [0.29, 0.717) is 6.61 Å². The predicted molar refractivity (Wildman–Crippen MR) is 116 cm³/mol. The van der Waals surface area contributed by atoms with Gasteiger partial charge in [0.1, 0.15) is 19.5 Å². The van der Waals surface area contributed by atoms with Gasteiger partial charge in [-0.3, -0.25) is 0 Å². The molecule has 160 valence electrons. The van der Waals surface area contributed by atoms with Gasteiger partial charge < -0.3 is 14.7 Å². The second kappa shape index (κ2) is 9.13. The highest BCUT2D eigenvalue weighted by atomic mass is 16.6. The van der Waals surface area contributed by atoms with Crippen molar-refractivity contribution in [1.82, 2.24) is 5.01 Å². The number of rotatable bonds is 7. The molecule has 1 aliphatic heterocycles. The van der Waals surface area contributed by atoms with Crippen LogP contribution in [0.25, 0.3) is 0 Å². The van der Waals surface area contributed by atoms with Crippen LogP contribution in [0.3, 0.4) is 0 Å². The smallest absolute Gasteiger partial charge is 0.245 e. The standard InChI is InChI=1S/C22H29N5O3/c1-14(2)21(23-29-6)17-10-11-20(16(4)12-17)30-13-18-15(3)8-7-9-19(18)27-22(28)26(5)24-25-27/h7-12,14,22,28H,13H2,1-6H3. The van der Waals surface area contributed by atoms with Gasteiger partial charge in [0, 0.05) is 18.2 Å². The van der Waals surface area contributed by atoms with Gasteiger partial charge in [-0.1, -0.05) is 31.1 Å². The molecule has 0 aromatic heterocycles. The summed E-state index contributed by atoms with van der Waals surface area (Å²) in [4.78, 5) is 5.00. The van der Waals surface area contributed by atoms with Crippen molar-refractivity contribution in [3.63, 3.8) is 0 Å². The van der Waals surface area contributed by atoms with E-state index >= 15 is 0 Å². The number of ether oxygens (including phenoxy) is 1.